The lowest BCUT2D eigenvalue weighted by Crippen LogP contribution is -2.43. The number of likely N-dealkylation sites (tertiary alicyclic amines) is 1. The normalized spacial score (nSPS) is 15.6. The molecule has 2 aromatic rings. The fourth-order valence-electron chi connectivity index (χ4n) is 4.05. The number of nitrogens with two attached hydrogens (primary N) is 1. The van der Waals surface area contributed by atoms with Crippen LogP contribution in [0, 0.1) is 6.92 Å². The van der Waals surface area contributed by atoms with Gasteiger partial charge in [0.05, 0.1) is 12.1 Å². The summed E-state index contributed by atoms with van der Waals surface area (Å²) in [6, 6.07) is 8.43. The van der Waals surface area contributed by atoms with Gasteiger partial charge in [0.15, 0.2) is 0 Å². The van der Waals surface area contributed by atoms with Gasteiger partial charge in [-0.15, -0.1) is 13.2 Å². The maximum absolute atomic E-state index is 12.4. The molecule has 13 heteroatoms. The largest absolute Gasteiger partial charge is 0.573 e. The van der Waals surface area contributed by atoms with E-state index in [0.29, 0.717) is 26.1 Å². The summed E-state index contributed by atoms with van der Waals surface area (Å²) < 4.78 is 41.2. The predicted molar refractivity (Wildman–Crippen MR) is 136 cm³/mol. The number of anilines is 2. The maximum Gasteiger partial charge on any atom is 0.573 e. The van der Waals surface area contributed by atoms with Gasteiger partial charge in [-0.05, 0) is 55.7 Å². The lowest BCUT2D eigenvalue weighted by molar-refractivity contribution is -0.274. The minimum atomic E-state index is -4.91. The number of hydrogen-bond acceptors (Lipinski definition) is 6. The van der Waals surface area contributed by atoms with Crippen molar-refractivity contribution in [2.24, 2.45) is 0 Å². The lowest BCUT2D eigenvalue weighted by atomic mass is 10.1. The van der Waals surface area contributed by atoms with Crippen LogP contribution in [0.4, 0.5) is 29.3 Å². The summed E-state index contributed by atoms with van der Waals surface area (Å²) in [6.07, 6.45) is -4.21. The third-order valence-electron chi connectivity index (χ3n) is 5.84. The van der Waals surface area contributed by atoms with Crippen LogP contribution in [0.1, 0.15) is 34.8 Å². The van der Waals surface area contributed by atoms with E-state index in [4.69, 9.17) is 5.73 Å². The van der Waals surface area contributed by atoms with Gasteiger partial charge in [-0.1, -0.05) is 12.1 Å². The molecule has 6 N–H and O–H groups in total. The third-order valence-corrected chi connectivity index (χ3v) is 5.84. The molecule has 1 saturated heterocycles. The number of urea groups is 1. The Morgan fingerprint density at radius 3 is 2.61 bits per heavy atom. The zero-order valence-corrected chi connectivity index (χ0v) is 21.1. The number of nitrogen functional groups attached to an aromatic ring is 1. The van der Waals surface area contributed by atoms with Crippen molar-refractivity contribution in [2.45, 2.75) is 39.2 Å². The monoisotopic (exact) mass is 536 g/mol. The van der Waals surface area contributed by atoms with Crippen molar-refractivity contribution in [3.8, 4) is 5.75 Å². The Balaban J connectivity index is 1.48. The van der Waals surface area contributed by atoms with Crippen LogP contribution in [0.2, 0.25) is 0 Å². The molecule has 0 spiro atoms. The van der Waals surface area contributed by atoms with Gasteiger partial charge in [-0.2, -0.15) is 0 Å². The third kappa shape index (κ3) is 8.54. The van der Waals surface area contributed by atoms with E-state index in [1.807, 2.05) is 32.0 Å². The summed E-state index contributed by atoms with van der Waals surface area (Å²) in [5, 5.41) is 10.8. The van der Waals surface area contributed by atoms with Gasteiger partial charge in [0.1, 0.15) is 5.75 Å². The number of ether oxygens (including phenoxy) is 1. The molecule has 1 aliphatic rings. The zero-order valence-electron chi connectivity index (χ0n) is 21.1. The summed E-state index contributed by atoms with van der Waals surface area (Å²) in [6.45, 7) is 5.86. The van der Waals surface area contributed by atoms with Crippen molar-refractivity contribution in [3.63, 3.8) is 0 Å². The van der Waals surface area contributed by atoms with E-state index in [-0.39, 0.29) is 29.9 Å². The molecule has 0 saturated carbocycles. The van der Waals surface area contributed by atoms with E-state index in [1.165, 1.54) is 0 Å². The van der Waals surface area contributed by atoms with Gasteiger partial charge < -0.3 is 31.7 Å². The highest BCUT2D eigenvalue weighted by Gasteiger charge is 2.31. The number of rotatable bonds is 9. The van der Waals surface area contributed by atoms with E-state index in [0.717, 1.165) is 41.6 Å². The van der Waals surface area contributed by atoms with Crippen LogP contribution < -0.4 is 31.7 Å². The van der Waals surface area contributed by atoms with Gasteiger partial charge in [0.25, 0.3) is 5.91 Å². The number of nitrogens with one attached hydrogen (secondary N) is 4. The SMILES string of the molecule is CCNC(=O)Nc1cc(CN2CC[C@@H](NC(=O)CNC(=O)c3cc(OC(F)(F)F)ccc3N)C2)ccc1C. The first-order valence-electron chi connectivity index (χ1n) is 12.0. The topological polar surface area (TPSA) is 138 Å². The number of alkyl halides is 3. The van der Waals surface area contributed by atoms with Gasteiger partial charge in [-0.3, -0.25) is 14.5 Å². The maximum atomic E-state index is 12.4. The lowest BCUT2D eigenvalue weighted by Gasteiger charge is -2.18. The molecule has 38 heavy (non-hydrogen) atoms. The number of amides is 4. The van der Waals surface area contributed by atoms with Crippen molar-refractivity contribution in [2.75, 3.05) is 37.2 Å². The number of carbonyl (C=O) groups excluding carboxylic acids is 3. The van der Waals surface area contributed by atoms with E-state index >= 15 is 0 Å². The Morgan fingerprint density at radius 2 is 1.89 bits per heavy atom. The molecule has 0 bridgehead atoms. The number of nitrogens with zero attached hydrogens (tertiary/aromatic N) is 1. The van der Waals surface area contributed by atoms with Crippen LogP contribution in [0.25, 0.3) is 0 Å². The number of aryl methyl sites for hydroxylation is 1. The second kappa shape index (κ2) is 12.5. The van der Waals surface area contributed by atoms with E-state index < -0.39 is 23.9 Å². The standard InChI is InChI=1S/C25H31F3N6O4/c1-3-30-24(37)33-21-10-16(5-4-15(21)2)13-34-9-8-17(14-34)32-22(35)12-31-23(36)19-11-18(6-7-20(19)29)38-25(26,27)28/h4-7,10-11,17H,3,8-9,12-14,29H2,1-2H3,(H,31,36)(H,32,35)(H2,30,33,37)/t17-/m1/s1. The molecule has 1 heterocycles. The number of hydrogen-bond donors (Lipinski definition) is 5. The molecule has 0 unspecified atom stereocenters. The van der Waals surface area contributed by atoms with Crippen molar-refractivity contribution in [1.82, 2.24) is 20.9 Å². The Morgan fingerprint density at radius 1 is 1.13 bits per heavy atom. The molecule has 2 aromatic carbocycles. The fourth-order valence-corrected chi connectivity index (χ4v) is 4.05. The molecule has 0 radical (unpaired) electrons. The van der Waals surface area contributed by atoms with E-state index in [2.05, 4.69) is 30.9 Å². The summed E-state index contributed by atoms with van der Waals surface area (Å²) in [5.41, 5.74) is 8.09. The average molecular weight is 537 g/mol. The smallest absolute Gasteiger partial charge is 0.406 e. The highest BCUT2D eigenvalue weighted by molar-refractivity contribution is 6.01. The van der Waals surface area contributed by atoms with Crippen LogP contribution >= 0.6 is 0 Å². The van der Waals surface area contributed by atoms with Crippen LogP contribution in [-0.4, -0.2) is 61.3 Å². The minimum absolute atomic E-state index is 0.0516. The van der Waals surface area contributed by atoms with Gasteiger partial charge in [0, 0.05) is 43.6 Å². The summed E-state index contributed by atoms with van der Waals surface area (Å²) in [5.74, 6) is -1.82. The highest BCUT2D eigenvalue weighted by atomic mass is 19.4. The molecule has 1 fully saturated rings. The quantitative estimate of drug-likeness (QED) is 0.313. The molecular weight excluding hydrogens is 505 g/mol. The molecule has 1 atom stereocenters. The first kappa shape index (κ1) is 28.6. The molecule has 10 nitrogen and oxygen atoms in total. The molecule has 1 aliphatic heterocycles. The van der Waals surface area contributed by atoms with Crippen molar-refractivity contribution >= 4 is 29.2 Å². The Labute approximate surface area is 218 Å². The van der Waals surface area contributed by atoms with E-state index in [1.54, 1.807) is 0 Å². The Kier molecular flexibility index (Phi) is 9.40. The summed E-state index contributed by atoms with van der Waals surface area (Å²) in [7, 11) is 0. The molecule has 3 rings (SSSR count). The van der Waals surface area contributed by atoms with Gasteiger partial charge in [-0.25, -0.2) is 4.79 Å². The fraction of sp³-hybridized carbons (Fsp3) is 0.400. The first-order valence-corrected chi connectivity index (χ1v) is 12.0. The molecular formula is C25H31F3N6O4. The van der Waals surface area contributed by atoms with Gasteiger partial charge in [0.2, 0.25) is 5.91 Å². The summed E-state index contributed by atoms with van der Waals surface area (Å²) in [4.78, 5) is 38.8. The second-order valence-electron chi connectivity index (χ2n) is 8.90. The zero-order chi connectivity index (χ0) is 27.9. The van der Waals surface area contributed by atoms with Crippen molar-refractivity contribution in [3.05, 3.63) is 53.1 Å². The van der Waals surface area contributed by atoms with Crippen LogP contribution in [0.15, 0.2) is 36.4 Å². The Bertz CT molecular complexity index is 1170. The van der Waals surface area contributed by atoms with Crippen molar-refractivity contribution in [1.29, 1.82) is 0 Å². The second-order valence-corrected chi connectivity index (χ2v) is 8.90. The van der Waals surface area contributed by atoms with Crippen LogP contribution in [-0.2, 0) is 11.3 Å². The van der Waals surface area contributed by atoms with E-state index in [9.17, 15) is 27.6 Å². The average Bonchev–Trinajstić information content (AvgIpc) is 3.26. The molecule has 0 aromatic heterocycles. The number of carbonyl (C=O) groups is 3. The number of halogens is 3. The predicted octanol–water partition coefficient (Wildman–Crippen LogP) is 2.74. The Hall–Kier alpha value is -4.00. The first-order chi connectivity index (χ1) is 17.9. The molecule has 206 valence electrons. The van der Waals surface area contributed by atoms with Crippen LogP contribution in [0.5, 0.6) is 5.75 Å². The minimum Gasteiger partial charge on any atom is -0.406 e. The van der Waals surface area contributed by atoms with Gasteiger partial charge >= 0.3 is 12.4 Å². The van der Waals surface area contributed by atoms with Crippen molar-refractivity contribution < 1.29 is 32.3 Å². The summed E-state index contributed by atoms with van der Waals surface area (Å²) >= 11 is 0. The molecule has 0 aliphatic carbocycles. The molecule has 4 amide bonds. The highest BCUT2D eigenvalue weighted by Crippen LogP contribution is 2.26. The number of benzene rings is 2. The van der Waals surface area contributed by atoms with Crippen LogP contribution in [0.3, 0.4) is 0 Å².